The Bertz CT molecular complexity index is 1320. The van der Waals surface area contributed by atoms with Crippen LogP contribution < -0.4 is 20.0 Å². The minimum absolute atomic E-state index is 0.135. The number of aromatic nitrogens is 2. The highest BCUT2D eigenvalue weighted by molar-refractivity contribution is 5.90. The Morgan fingerprint density at radius 2 is 1.73 bits per heavy atom. The molecule has 2 saturated heterocycles. The van der Waals surface area contributed by atoms with Gasteiger partial charge < -0.3 is 24.3 Å². The van der Waals surface area contributed by atoms with Gasteiger partial charge in [-0.1, -0.05) is 0 Å². The zero-order chi connectivity index (χ0) is 26.1. The number of piperazine rings is 1. The predicted octanol–water partition coefficient (Wildman–Crippen LogP) is 3.11. The Balaban J connectivity index is 1.21. The molecular weight excluding hydrogens is 486 g/mol. The number of benzene rings is 2. The van der Waals surface area contributed by atoms with Crippen LogP contribution in [0.15, 0.2) is 40.8 Å². The van der Waals surface area contributed by atoms with Crippen LogP contribution in [0.25, 0.3) is 11.5 Å². The van der Waals surface area contributed by atoms with Crippen molar-refractivity contribution in [1.82, 2.24) is 15.5 Å². The number of carbonyl (C=O) groups excluding carboxylic acids is 2. The Morgan fingerprint density at radius 3 is 2.38 bits per heavy atom. The number of ether oxygens (including phenoxy) is 1. The predicted molar refractivity (Wildman–Crippen MR) is 132 cm³/mol. The Labute approximate surface area is 211 Å². The summed E-state index contributed by atoms with van der Waals surface area (Å²) < 4.78 is 40.4. The number of carbonyl (C=O) groups is 2. The average Bonchev–Trinajstić information content (AvgIpc) is 3.48. The van der Waals surface area contributed by atoms with Crippen LogP contribution in [0.3, 0.4) is 0 Å². The third-order valence-corrected chi connectivity index (χ3v) is 6.39. The summed E-state index contributed by atoms with van der Waals surface area (Å²) in [5.74, 6) is -0.623. The highest BCUT2D eigenvalue weighted by Crippen LogP contribution is 2.30. The van der Waals surface area contributed by atoms with E-state index >= 15 is 4.39 Å². The van der Waals surface area contributed by atoms with Crippen LogP contribution in [-0.4, -0.2) is 67.6 Å². The summed E-state index contributed by atoms with van der Waals surface area (Å²) in [7, 11) is 0. The molecule has 10 nitrogen and oxygen atoms in total. The maximum atomic E-state index is 15.1. The van der Waals surface area contributed by atoms with Gasteiger partial charge in [0.2, 0.25) is 11.8 Å². The lowest BCUT2D eigenvalue weighted by Gasteiger charge is -2.37. The van der Waals surface area contributed by atoms with Gasteiger partial charge in [0.25, 0.3) is 5.89 Å². The zero-order valence-corrected chi connectivity index (χ0v) is 20.4. The molecule has 2 aliphatic rings. The molecule has 0 saturated carbocycles. The molecule has 1 aromatic heterocycles. The lowest BCUT2D eigenvalue weighted by Crippen LogP contribution is -2.46. The molecule has 0 unspecified atom stereocenters. The van der Waals surface area contributed by atoms with Crippen LogP contribution in [0.2, 0.25) is 0 Å². The van der Waals surface area contributed by atoms with Crippen LogP contribution in [0, 0.1) is 18.6 Å². The van der Waals surface area contributed by atoms with Gasteiger partial charge in [0.05, 0.1) is 30.0 Å². The number of nitrogens with one attached hydrogen (secondary N) is 1. The smallest absolute Gasteiger partial charge is 0.414 e. The molecule has 0 aliphatic carbocycles. The van der Waals surface area contributed by atoms with Gasteiger partial charge >= 0.3 is 6.09 Å². The molecule has 0 spiro atoms. The van der Waals surface area contributed by atoms with Crippen molar-refractivity contribution in [2.24, 2.45) is 0 Å². The number of nitrogens with zero attached hydrogens (tertiary/aromatic N) is 5. The number of halogens is 2. The van der Waals surface area contributed by atoms with Crippen molar-refractivity contribution < 1.29 is 27.5 Å². The summed E-state index contributed by atoms with van der Waals surface area (Å²) in [6.45, 7) is 5.66. The first-order valence-corrected chi connectivity index (χ1v) is 11.9. The van der Waals surface area contributed by atoms with Gasteiger partial charge in [-0.2, -0.15) is 0 Å². The molecule has 0 bridgehead atoms. The molecule has 194 valence electrons. The van der Waals surface area contributed by atoms with E-state index in [0.717, 1.165) is 0 Å². The van der Waals surface area contributed by atoms with Gasteiger partial charge in [0, 0.05) is 45.7 Å². The van der Waals surface area contributed by atoms with Gasteiger partial charge in [-0.3, -0.25) is 9.69 Å². The summed E-state index contributed by atoms with van der Waals surface area (Å²) in [4.78, 5) is 28.6. The normalized spacial score (nSPS) is 17.8. The second kappa shape index (κ2) is 10.0. The minimum atomic E-state index is -0.580. The van der Waals surface area contributed by atoms with E-state index in [4.69, 9.17) is 9.15 Å². The van der Waals surface area contributed by atoms with Crippen molar-refractivity contribution in [1.29, 1.82) is 0 Å². The molecule has 1 N–H and O–H groups in total. The molecule has 37 heavy (non-hydrogen) atoms. The number of anilines is 3. The molecule has 12 heteroatoms. The Hall–Kier alpha value is -4.22. The minimum Gasteiger partial charge on any atom is -0.442 e. The highest BCUT2D eigenvalue weighted by Gasteiger charge is 2.33. The van der Waals surface area contributed by atoms with Crippen molar-refractivity contribution in [3.8, 4) is 11.5 Å². The first-order chi connectivity index (χ1) is 17.8. The molecule has 3 heterocycles. The van der Waals surface area contributed by atoms with Gasteiger partial charge in [0.1, 0.15) is 17.7 Å². The quantitative estimate of drug-likeness (QED) is 0.538. The molecule has 2 fully saturated rings. The largest absolute Gasteiger partial charge is 0.442 e. The summed E-state index contributed by atoms with van der Waals surface area (Å²) in [5.41, 5.74) is 1.78. The van der Waals surface area contributed by atoms with Crippen LogP contribution in [0.4, 0.5) is 30.6 Å². The van der Waals surface area contributed by atoms with E-state index in [2.05, 4.69) is 15.5 Å². The van der Waals surface area contributed by atoms with Crippen LogP contribution in [-0.2, 0) is 9.53 Å². The SMILES string of the molecule is CC(=O)NC[C@H]1CN(c2ccc(N3CCN(c4ccc(-c5nnc(C)o5)c(F)c4)CC3)c(F)c2)C(=O)O1. The first-order valence-electron chi connectivity index (χ1n) is 11.9. The number of hydrogen-bond donors (Lipinski definition) is 1. The molecule has 2 aliphatic heterocycles. The molecule has 0 radical (unpaired) electrons. The van der Waals surface area contributed by atoms with Crippen molar-refractivity contribution in [3.05, 3.63) is 53.9 Å². The lowest BCUT2D eigenvalue weighted by molar-refractivity contribution is -0.119. The Kier molecular flexibility index (Phi) is 6.64. The molecule has 1 atom stereocenters. The maximum Gasteiger partial charge on any atom is 0.414 e. The fourth-order valence-electron chi connectivity index (χ4n) is 4.50. The molecule has 2 amide bonds. The van der Waals surface area contributed by atoms with E-state index < -0.39 is 23.8 Å². The molecule has 3 aromatic rings. The van der Waals surface area contributed by atoms with Crippen LogP contribution in [0.5, 0.6) is 0 Å². The summed E-state index contributed by atoms with van der Waals surface area (Å²) in [5, 5.41) is 10.2. The number of rotatable bonds is 6. The van der Waals surface area contributed by atoms with Crippen LogP contribution in [0.1, 0.15) is 12.8 Å². The monoisotopic (exact) mass is 512 g/mol. The third-order valence-electron chi connectivity index (χ3n) is 6.39. The number of hydrogen-bond acceptors (Lipinski definition) is 8. The van der Waals surface area contributed by atoms with E-state index in [0.29, 0.717) is 49.1 Å². The molecular formula is C25H26F2N6O4. The topological polar surface area (TPSA) is 104 Å². The zero-order valence-electron chi connectivity index (χ0n) is 20.4. The van der Waals surface area contributed by atoms with Crippen LogP contribution >= 0.6 is 0 Å². The maximum absolute atomic E-state index is 15.1. The highest BCUT2D eigenvalue weighted by atomic mass is 19.1. The van der Waals surface area contributed by atoms with Crippen molar-refractivity contribution in [2.75, 3.05) is 54.0 Å². The van der Waals surface area contributed by atoms with E-state index in [9.17, 15) is 14.0 Å². The van der Waals surface area contributed by atoms with E-state index in [1.807, 2.05) is 9.80 Å². The molecule has 2 aromatic carbocycles. The number of amides is 2. The van der Waals surface area contributed by atoms with E-state index in [1.165, 1.54) is 24.0 Å². The van der Waals surface area contributed by atoms with Gasteiger partial charge in [-0.25, -0.2) is 13.6 Å². The van der Waals surface area contributed by atoms with Gasteiger partial charge in [-0.05, 0) is 36.4 Å². The van der Waals surface area contributed by atoms with Crippen molar-refractivity contribution in [3.63, 3.8) is 0 Å². The fourth-order valence-corrected chi connectivity index (χ4v) is 4.50. The Morgan fingerprint density at radius 1 is 1.03 bits per heavy atom. The lowest BCUT2D eigenvalue weighted by atomic mass is 10.1. The van der Waals surface area contributed by atoms with E-state index in [-0.39, 0.29) is 30.5 Å². The fraction of sp³-hybridized carbons (Fsp3) is 0.360. The third kappa shape index (κ3) is 5.18. The van der Waals surface area contributed by atoms with Crippen molar-refractivity contribution in [2.45, 2.75) is 20.0 Å². The van der Waals surface area contributed by atoms with Gasteiger partial charge in [-0.15, -0.1) is 10.2 Å². The molecule has 5 rings (SSSR count). The second-order valence-electron chi connectivity index (χ2n) is 8.95. The average molecular weight is 513 g/mol. The van der Waals surface area contributed by atoms with Gasteiger partial charge in [0.15, 0.2) is 0 Å². The first kappa shape index (κ1) is 24.5. The van der Waals surface area contributed by atoms with E-state index in [1.54, 1.807) is 31.2 Å². The number of aryl methyl sites for hydroxylation is 1. The van der Waals surface area contributed by atoms with Crippen molar-refractivity contribution >= 4 is 29.1 Å². The summed E-state index contributed by atoms with van der Waals surface area (Å²) in [6.07, 6.45) is -1.08. The number of cyclic esters (lactones) is 1. The standard InChI is InChI=1S/C25H26F2N6O4/c1-15(34)28-13-19-14-33(25(35)37-19)18-4-6-23(22(27)12-18)32-9-7-31(8-10-32)17-3-5-20(21(26)11-17)24-30-29-16(2)36-24/h3-6,11-12,19H,7-10,13-14H2,1-2H3,(H,28,34)/t19-/m0/s1. The second-order valence-corrected chi connectivity index (χ2v) is 8.95. The summed E-state index contributed by atoms with van der Waals surface area (Å²) in [6, 6.07) is 9.50. The summed E-state index contributed by atoms with van der Waals surface area (Å²) >= 11 is 0.